The zero-order chi connectivity index (χ0) is 22.5. The molecular weight excluding hydrogens is 406 g/mol. The Morgan fingerprint density at radius 1 is 1.12 bits per heavy atom. The Morgan fingerprint density at radius 3 is 2.50 bits per heavy atom. The van der Waals surface area contributed by atoms with E-state index in [1.54, 1.807) is 10.6 Å². The van der Waals surface area contributed by atoms with Crippen molar-refractivity contribution < 1.29 is 9.53 Å². The maximum Gasteiger partial charge on any atom is 0.411 e. The Morgan fingerprint density at radius 2 is 1.81 bits per heavy atom. The molecule has 1 atom stereocenters. The molecule has 1 saturated heterocycles. The van der Waals surface area contributed by atoms with E-state index in [0.717, 1.165) is 31.2 Å². The summed E-state index contributed by atoms with van der Waals surface area (Å²) in [6.07, 6.45) is 4.27. The van der Waals surface area contributed by atoms with Gasteiger partial charge in [0.15, 0.2) is 5.65 Å². The number of aromatic amines is 1. The lowest BCUT2D eigenvalue weighted by molar-refractivity contribution is 0.0662. The van der Waals surface area contributed by atoms with Gasteiger partial charge in [0.25, 0.3) is 0 Å². The Kier molecular flexibility index (Phi) is 4.77. The number of ether oxygens (including phenoxy) is 1. The number of rotatable bonds is 3. The summed E-state index contributed by atoms with van der Waals surface area (Å²) in [5.41, 5.74) is 1.79. The van der Waals surface area contributed by atoms with E-state index in [2.05, 4.69) is 9.97 Å². The number of nitriles is 1. The number of amides is 1. The number of nitrogens with one attached hydrogen (secondary N) is 1. The maximum absolute atomic E-state index is 12.9. The molecule has 1 N–H and O–H groups in total. The van der Waals surface area contributed by atoms with Gasteiger partial charge in [0.1, 0.15) is 11.7 Å². The van der Waals surface area contributed by atoms with Crippen molar-refractivity contribution in [3.8, 4) is 6.07 Å². The fraction of sp³-hybridized carbons (Fsp3) is 0.417. The molecule has 1 aliphatic carbocycles. The Hall–Kier alpha value is -3.60. The first-order valence-corrected chi connectivity index (χ1v) is 11.0. The number of aromatic nitrogens is 3. The van der Waals surface area contributed by atoms with E-state index in [0.29, 0.717) is 16.7 Å². The molecule has 3 aromatic rings. The second kappa shape index (κ2) is 7.52. The number of cyclic esters (lactones) is 1. The average Bonchev–Trinajstić information content (AvgIpc) is 3.24. The molecule has 32 heavy (non-hydrogen) atoms. The van der Waals surface area contributed by atoms with Crippen LogP contribution in [0.25, 0.3) is 11.2 Å². The van der Waals surface area contributed by atoms with Gasteiger partial charge in [-0.1, -0.05) is 30.3 Å². The van der Waals surface area contributed by atoms with Crippen molar-refractivity contribution in [3.63, 3.8) is 0 Å². The summed E-state index contributed by atoms with van der Waals surface area (Å²) in [4.78, 5) is 34.6. The monoisotopic (exact) mass is 431 g/mol. The van der Waals surface area contributed by atoms with Crippen LogP contribution in [0.2, 0.25) is 0 Å². The van der Waals surface area contributed by atoms with Crippen LogP contribution in [0.3, 0.4) is 0 Å². The first kappa shape index (κ1) is 20.3. The summed E-state index contributed by atoms with van der Waals surface area (Å²) in [6, 6.07) is 13.6. The quantitative estimate of drug-likeness (QED) is 0.674. The molecule has 2 aromatic heterocycles. The largest absolute Gasteiger partial charge is 0.441 e. The molecule has 1 aliphatic heterocycles. The number of nitrogens with zero attached hydrogens (tertiary/aromatic N) is 4. The molecule has 2 fully saturated rings. The maximum atomic E-state index is 12.9. The van der Waals surface area contributed by atoms with Gasteiger partial charge in [0.05, 0.1) is 17.1 Å². The highest BCUT2D eigenvalue weighted by Gasteiger charge is 2.51. The first-order valence-electron chi connectivity index (χ1n) is 11.0. The molecule has 1 amide bonds. The SMILES string of the molecule is CC1(C)OC(=O)N(C2CCC(n3c(=O)[nH]c4cc(C#N)cnc43)CC2)C1c1ccccc1. The number of imidazole rings is 1. The van der Waals surface area contributed by atoms with Gasteiger partial charge in [0, 0.05) is 18.3 Å². The molecular formula is C24H25N5O3. The standard InChI is InChI=1S/C24H25N5O3/c1-24(2)20(16-6-4-3-5-7-16)28(23(31)32-24)17-8-10-18(11-9-17)29-21-19(27-22(29)30)12-15(13-25)14-26-21/h3-7,12,14,17-18,20H,8-11H2,1-2H3,(H,27,30). The zero-order valence-electron chi connectivity index (χ0n) is 18.1. The molecule has 0 bridgehead atoms. The smallest absolute Gasteiger partial charge is 0.411 e. The number of benzene rings is 1. The fourth-order valence-electron chi connectivity index (χ4n) is 5.34. The third kappa shape index (κ3) is 3.25. The molecule has 2 aliphatic rings. The summed E-state index contributed by atoms with van der Waals surface area (Å²) in [5.74, 6) is 0. The van der Waals surface area contributed by atoms with Crippen molar-refractivity contribution in [2.45, 2.75) is 63.3 Å². The normalized spacial score (nSPS) is 25.0. The Bertz CT molecular complexity index is 1260. The lowest BCUT2D eigenvalue weighted by atomic mass is 9.86. The second-order valence-electron chi connectivity index (χ2n) is 9.16. The number of pyridine rings is 1. The molecule has 1 aromatic carbocycles. The van der Waals surface area contributed by atoms with Crippen LogP contribution in [-0.4, -0.2) is 37.2 Å². The summed E-state index contributed by atoms with van der Waals surface area (Å²) in [7, 11) is 0. The average molecular weight is 431 g/mol. The van der Waals surface area contributed by atoms with Gasteiger partial charge in [-0.05, 0) is 51.2 Å². The van der Waals surface area contributed by atoms with Crippen molar-refractivity contribution in [1.29, 1.82) is 5.26 Å². The number of fused-ring (bicyclic) bond motifs is 1. The molecule has 1 unspecified atom stereocenters. The van der Waals surface area contributed by atoms with Gasteiger partial charge in [-0.25, -0.2) is 14.6 Å². The van der Waals surface area contributed by atoms with E-state index in [1.165, 1.54) is 6.20 Å². The molecule has 8 heteroatoms. The van der Waals surface area contributed by atoms with Crippen LogP contribution in [0.5, 0.6) is 0 Å². The van der Waals surface area contributed by atoms with Crippen LogP contribution in [0, 0.1) is 11.3 Å². The molecule has 3 heterocycles. The van der Waals surface area contributed by atoms with Gasteiger partial charge in [0.2, 0.25) is 0 Å². The fourth-order valence-corrected chi connectivity index (χ4v) is 5.34. The molecule has 5 rings (SSSR count). The van der Waals surface area contributed by atoms with Gasteiger partial charge in [-0.3, -0.25) is 9.47 Å². The van der Waals surface area contributed by atoms with Crippen molar-refractivity contribution in [2.75, 3.05) is 0 Å². The van der Waals surface area contributed by atoms with Crippen LogP contribution in [0.15, 0.2) is 47.4 Å². The van der Waals surface area contributed by atoms with Crippen LogP contribution >= 0.6 is 0 Å². The second-order valence-corrected chi connectivity index (χ2v) is 9.16. The highest BCUT2D eigenvalue weighted by Crippen LogP contribution is 2.45. The van der Waals surface area contributed by atoms with Crippen molar-refractivity contribution in [3.05, 3.63) is 64.2 Å². The number of carbonyl (C=O) groups is 1. The van der Waals surface area contributed by atoms with E-state index in [4.69, 9.17) is 10.00 Å². The molecule has 8 nitrogen and oxygen atoms in total. The van der Waals surface area contributed by atoms with Crippen LogP contribution in [0.4, 0.5) is 4.79 Å². The Labute approximate surface area is 185 Å². The minimum absolute atomic E-state index is 0.00487. The van der Waals surface area contributed by atoms with E-state index < -0.39 is 5.60 Å². The van der Waals surface area contributed by atoms with Gasteiger partial charge in [-0.15, -0.1) is 0 Å². The molecule has 164 valence electrons. The molecule has 1 saturated carbocycles. The molecule has 0 radical (unpaired) electrons. The first-order chi connectivity index (χ1) is 15.4. The predicted octanol–water partition coefficient (Wildman–Crippen LogP) is 4.05. The van der Waals surface area contributed by atoms with Crippen molar-refractivity contribution in [1.82, 2.24) is 19.4 Å². The highest BCUT2D eigenvalue weighted by molar-refractivity contribution is 5.73. The summed E-state index contributed by atoms with van der Waals surface area (Å²) >= 11 is 0. The van der Waals surface area contributed by atoms with E-state index in [9.17, 15) is 9.59 Å². The minimum atomic E-state index is -0.620. The van der Waals surface area contributed by atoms with Gasteiger partial charge < -0.3 is 9.72 Å². The molecule has 0 spiro atoms. The zero-order valence-corrected chi connectivity index (χ0v) is 18.1. The number of hydrogen-bond donors (Lipinski definition) is 1. The number of carbonyl (C=O) groups excluding carboxylic acids is 1. The van der Waals surface area contributed by atoms with Gasteiger partial charge >= 0.3 is 11.8 Å². The summed E-state index contributed by atoms with van der Waals surface area (Å²) in [5, 5.41) is 9.09. The highest BCUT2D eigenvalue weighted by atomic mass is 16.6. The van der Waals surface area contributed by atoms with E-state index in [1.807, 2.05) is 55.1 Å². The van der Waals surface area contributed by atoms with Crippen molar-refractivity contribution >= 4 is 17.3 Å². The Balaban J connectivity index is 1.39. The third-order valence-electron chi connectivity index (χ3n) is 6.72. The number of hydrogen-bond acceptors (Lipinski definition) is 5. The van der Waals surface area contributed by atoms with E-state index >= 15 is 0 Å². The topological polar surface area (TPSA) is 104 Å². The lowest BCUT2D eigenvalue weighted by Crippen LogP contribution is -2.43. The summed E-state index contributed by atoms with van der Waals surface area (Å²) < 4.78 is 7.47. The number of H-pyrrole nitrogens is 1. The summed E-state index contributed by atoms with van der Waals surface area (Å²) in [6.45, 7) is 3.92. The lowest BCUT2D eigenvalue weighted by Gasteiger charge is -2.38. The van der Waals surface area contributed by atoms with Crippen LogP contribution in [-0.2, 0) is 4.74 Å². The van der Waals surface area contributed by atoms with E-state index in [-0.39, 0.29) is 29.9 Å². The van der Waals surface area contributed by atoms with Crippen molar-refractivity contribution in [2.24, 2.45) is 0 Å². The third-order valence-corrected chi connectivity index (χ3v) is 6.72. The van der Waals surface area contributed by atoms with Gasteiger partial charge in [-0.2, -0.15) is 5.26 Å². The predicted molar refractivity (Wildman–Crippen MR) is 118 cm³/mol. The van der Waals surface area contributed by atoms with Crippen LogP contribution < -0.4 is 5.69 Å². The van der Waals surface area contributed by atoms with Crippen LogP contribution in [0.1, 0.15) is 62.7 Å². The minimum Gasteiger partial charge on any atom is -0.441 e.